The van der Waals surface area contributed by atoms with Gasteiger partial charge < -0.3 is 14.4 Å². The van der Waals surface area contributed by atoms with Crippen molar-refractivity contribution in [3.05, 3.63) is 59.7 Å². The summed E-state index contributed by atoms with van der Waals surface area (Å²) in [4.78, 5) is 31.9. The van der Waals surface area contributed by atoms with Gasteiger partial charge in [-0.05, 0) is 49.6 Å². The Morgan fingerprint density at radius 3 is 2.81 bits per heavy atom. The molecule has 2 aromatic carbocycles. The highest BCUT2D eigenvalue weighted by atomic mass is 16.5. The number of methoxy groups -OCH3 is 1. The van der Waals surface area contributed by atoms with Crippen LogP contribution in [0.25, 0.3) is 0 Å². The van der Waals surface area contributed by atoms with Crippen LogP contribution in [-0.4, -0.2) is 55.5 Å². The summed E-state index contributed by atoms with van der Waals surface area (Å²) in [5.41, 5.74) is 5.63. The van der Waals surface area contributed by atoms with Gasteiger partial charge in [-0.25, -0.2) is 5.01 Å². The summed E-state index contributed by atoms with van der Waals surface area (Å²) in [7, 11) is 1.62. The lowest BCUT2D eigenvalue weighted by atomic mass is 10.1. The molecule has 1 atom stereocenters. The molecule has 1 unspecified atom stereocenters. The first kappa shape index (κ1) is 21.8. The number of rotatable bonds is 7. The zero-order valence-corrected chi connectivity index (χ0v) is 18.4. The standard InChI is InChI=1S/C24H28N4O4/c1-17-8-10-19(11-9-17)28-22(29)14-25-23(26-28)24(30)27(16-21-7-4-12-32-21)15-18-5-3-6-20(13-18)31-2/h3,5-6,8-11,13,21H,4,7,12,14-16H2,1-2H3,(H,25,26). The molecule has 2 aliphatic rings. The highest BCUT2D eigenvalue weighted by molar-refractivity contribution is 6.39. The van der Waals surface area contributed by atoms with Crippen LogP contribution < -0.4 is 15.2 Å². The lowest BCUT2D eigenvalue weighted by Gasteiger charge is -2.31. The third-order valence-electron chi connectivity index (χ3n) is 5.58. The number of hydrogen-bond donors (Lipinski definition) is 1. The van der Waals surface area contributed by atoms with E-state index in [-0.39, 0.29) is 30.3 Å². The summed E-state index contributed by atoms with van der Waals surface area (Å²) in [5, 5.41) is 1.38. The van der Waals surface area contributed by atoms with Crippen LogP contribution in [0.2, 0.25) is 0 Å². The summed E-state index contributed by atoms with van der Waals surface area (Å²) >= 11 is 0. The fourth-order valence-electron chi connectivity index (χ4n) is 3.83. The summed E-state index contributed by atoms with van der Waals surface area (Å²) < 4.78 is 11.1. The normalized spacial score (nSPS) is 18.2. The highest BCUT2D eigenvalue weighted by Crippen LogP contribution is 2.19. The maximum atomic E-state index is 13.5. The Morgan fingerprint density at radius 1 is 1.28 bits per heavy atom. The summed E-state index contributed by atoms with van der Waals surface area (Å²) in [6.07, 6.45) is 1.89. The van der Waals surface area contributed by atoms with Crippen molar-refractivity contribution in [2.75, 3.05) is 31.8 Å². The van der Waals surface area contributed by atoms with Gasteiger partial charge in [0.2, 0.25) is 5.84 Å². The smallest absolute Gasteiger partial charge is 0.291 e. The SMILES string of the molecule is COc1cccc(CN(CC2CCCO2)C(=O)C2=NCC(=O)N(c3ccc(C)cc3)N2)c1. The second-order valence-corrected chi connectivity index (χ2v) is 8.01. The minimum Gasteiger partial charge on any atom is -0.497 e. The van der Waals surface area contributed by atoms with Gasteiger partial charge in [-0.2, -0.15) is 0 Å². The Kier molecular flexibility index (Phi) is 6.70. The monoisotopic (exact) mass is 436 g/mol. The molecule has 0 aliphatic carbocycles. The van der Waals surface area contributed by atoms with Crippen molar-refractivity contribution in [3.63, 3.8) is 0 Å². The number of carbonyl (C=O) groups is 2. The molecule has 1 saturated heterocycles. The number of hydrogen-bond acceptors (Lipinski definition) is 6. The van der Waals surface area contributed by atoms with Crippen LogP contribution in [-0.2, 0) is 20.9 Å². The van der Waals surface area contributed by atoms with E-state index in [0.717, 1.165) is 29.7 Å². The molecule has 8 nitrogen and oxygen atoms in total. The largest absolute Gasteiger partial charge is 0.497 e. The molecule has 2 heterocycles. The fraction of sp³-hybridized carbons (Fsp3) is 0.375. The van der Waals surface area contributed by atoms with E-state index in [1.165, 1.54) is 5.01 Å². The van der Waals surface area contributed by atoms with Gasteiger partial charge in [-0.15, -0.1) is 0 Å². The van der Waals surface area contributed by atoms with Crippen LogP contribution in [0.1, 0.15) is 24.0 Å². The maximum absolute atomic E-state index is 13.5. The van der Waals surface area contributed by atoms with E-state index in [1.54, 1.807) is 12.0 Å². The molecule has 1 fully saturated rings. The number of benzene rings is 2. The minimum atomic E-state index is -0.270. The van der Waals surface area contributed by atoms with Crippen LogP contribution >= 0.6 is 0 Å². The van der Waals surface area contributed by atoms with Gasteiger partial charge in [0.15, 0.2) is 0 Å². The molecule has 0 bridgehead atoms. The van der Waals surface area contributed by atoms with Crippen molar-refractivity contribution in [1.29, 1.82) is 0 Å². The zero-order chi connectivity index (χ0) is 22.5. The number of amides is 2. The lowest BCUT2D eigenvalue weighted by Crippen LogP contribution is -2.56. The highest BCUT2D eigenvalue weighted by Gasteiger charge is 2.30. The lowest BCUT2D eigenvalue weighted by molar-refractivity contribution is -0.126. The second-order valence-electron chi connectivity index (χ2n) is 8.01. The molecular weight excluding hydrogens is 408 g/mol. The van der Waals surface area contributed by atoms with Crippen molar-refractivity contribution < 1.29 is 19.1 Å². The van der Waals surface area contributed by atoms with E-state index >= 15 is 0 Å². The summed E-state index contributed by atoms with van der Waals surface area (Å²) in [6.45, 7) is 3.44. The molecule has 2 amide bonds. The topological polar surface area (TPSA) is 83.5 Å². The molecule has 0 saturated carbocycles. The van der Waals surface area contributed by atoms with E-state index in [1.807, 2.05) is 55.5 Å². The van der Waals surface area contributed by atoms with Gasteiger partial charge in [0.25, 0.3) is 11.8 Å². The third kappa shape index (κ3) is 5.08. The van der Waals surface area contributed by atoms with Gasteiger partial charge in [-0.1, -0.05) is 29.8 Å². The molecule has 0 radical (unpaired) electrons. The number of carbonyl (C=O) groups excluding carboxylic acids is 2. The fourth-order valence-corrected chi connectivity index (χ4v) is 3.83. The average molecular weight is 437 g/mol. The number of nitrogens with one attached hydrogen (secondary N) is 1. The van der Waals surface area contributed by atoms with E-state index in [9.17, 15) is 9.59 Å². The first-order chi connectivity index (χ1) is 15.5. The van der Waals surface area contributed by atoms with Gasteiger partial charge in [0, 0.05) is 19.7 Å². The van der Waals surface area contributed by atoms with Gasteiger partial charge >= 0.3 is 0 Å². The molecule has 168 valence electrons. The Hall–Kier alpha value is -3.39. The summed E-state index contributed by atoms with van der Waals surface area (Å²) in [6, 6.07) is 15.2. The van der Waals surface area contributed by atoms with Crippen LogP contribution in [0.4, 0.5) is 5.69 Å². The van der Waals surface area contributed by atoms with Crippen molar-refractivity contribution >= 4 is 23.3 Å². The third-order valence-corrected chi connectivity index (χ3v) is 5.58. The van der Waals surface area contributed by atoms with Crippen LogP contribution in [0.5, 0.6) is 5.75 Å². The Balaban J connectivity index is 1.54. The number of aliphatic imine (C=N–C) groups is 1. The van der Waals surface area contributed by atoms with Crippen LogP contribution in [0.3, 0.4) is 0 Å². The zero-order valence-electron chi connectivity index (χ0n) is 18.4. The molecule has 32 heavy (non-hydrogen) atoms. The number of nitrogens with zero attached hydrogens (tertiary/aromatic N) is 3. The molecule has 1 N–H and O–H groups in total. The van der Waals surface area contributed by atoms with E-state index in [0.29, 0.717) is 25.4 Å². The van der Waals surface area contributed by atoms with Crippen molar-refractivity contribution in [1.82, 2.24) is 10.3 Å². The quantitative estimate of drug-likeness (QED) is 0.721. The van der Waals surface area contributed by atoms with E-state index in [4.69, 9.17) is 9.47 Å². The maximum Gasteiger partial charge on any atom is 0.291 e. The Morgan fingerprint density at radius 2 is 2.09 bits per heavy atom. The minimum absolute atomic E-state index is 0.0106. The molecule has 8 heteroatoms. The van der Waals surface area contributed by atoms with Crippen molar-refractivity contribution in [2.45, 2.75) is 32.4 Å². The number of anilines is 1. The van der Waals surface area contributed by atoms with Crippen molar-refractivity contribution in [2.24, 2.45) is 4.99 Å². The first-order valence-electron chi connectivity index (χ1n) is 10.8. The molecule has 0 aromatic heterocycles. The van der Waals surface area contributed by atoms with Crippen LogP contribution in [0.15, 0.2) is 53.5 Å². The predicted molar refractivity (Wildman–Crippen MR) is 121 cm³/mol. The predicted octanol–water partition coefficient (Wildman–Crippen LogP) is 2.46. The molecular formula is C24H28N4O4. The summed E-state index contributed by atoms with van der Waals surface area (Å²) in [5.74, 6) is 0.388. The van der Waals surface area contributed by atoms with Gasteiger partial charge in [-0.3, -0.25) is 20.0 Å². The van der Waals surface area contributed by atoms with Crippen molar-refractivity contribution in [3.8, 4) is 5.75 Å². The Labute approximate surface area is 187 Å². The number of hydrazine groups is 1. The molecule has 4 rings (SSSR count). The Bertz CT molecular complexity index is 999. The average Bonchev–Trinajstić information content (AvgIpc) is 3.32. The van der Waals surface area contributed by atoms with Crippen LogP contribution in [0, 0.1) is 6.92 Å². The second kappa shape index (κ2) is 9.82. The number of amidine groups is 1. The molecule has 2 aromatic rings. The van der Waals surface area contributed by atoms with E-state index < -0.39 is 0 Å². The van der Waals surface area contributed by atoms with Gasteiger partial charge in [0.05, 0.1) is 18.9 Å². The molecule has 2 aliphatic heterocycles. The number of aryl methyl sites for hydroxylation is 1. The molecule has 0 spiro atoms. The van der Waals surface area contributed by atoms with E-state index in [2.05, 4.69) is 10.4 Å². The van der Waals surface area contributed by atoms with Gasteiger partial charge in [0.1, 0.15) is 12.3 Å². The first-order valence-corrected chi connectivity index (χ1v) is 10.8. The number of ether oxygens (including phenoxy) is 2.